The van der Waals surface area contributed by atoms with Crippen LogP contribution in [0.5, 0.6) is 5.75 Å². The van der Waals surface area contributed by atoms with Crippen LogP contribution < -0.4 is 4.74 Å². The maximum absolute atomic E-state index is 12.6. The molecule has 0 radical (unpaired) electrons. The summed E-state index contributed by atoms with van der Waals surface area (Å²) < 4.78 is 5.75. The highest BCUT2D eigenvalue weighted by atomic mass is 16.5. The molecule has 2 aliphatic rings. The van der Waals surface area contributed by atoms with Crippen LogP contribution >= 0.6 is 0 Å². The van der Waals surface area contributed by atoms with E-state index in [9.17, 15) is 9.59 Å². The van der Waals surface area contributed by atoms with Gasteiger partial charge < -0.3 is 14.5 Å². The third-order valence-electron chi connectivity index (χ3n) is 5.06. The molecule has 6 nitrogen and oxygen atoms in total. The molecule has 0 aliphatic carbocycles. The van der Waals surface area contributed by atoms with Crippen molar-refractivity contribution in [1.29, 1.82) is 0 Å². The van der Waals surface area contributed by atoms with Gasteiger partial charge >= 0.3 is 0 Å². The molecule has 2 aliphatic heterocycles. The molecule has 1 unspecified atom stereocenters. The second kappa shape index (κ2) is 7.85. The van der Waals surface area contributed by atoms with Gasteiger partial charge in [0, 0.05) is 37.8 Å². The van der Waals surface area contributed by atoms with E-state index in [4.69, 9.17) is 4.74 Å². The molecular formula is C19H27N3O3. The molecular weight excluding hydrogens is 318 g/mol. The number of hydrogen-bond acceptors (Lipinski definition) is 4. The number of carbonyl (C=O) groups excluding carboxylic acids is 2. The first kappa shape index (κ1) is 17.7. The molecule has 0 N–H and O–H groups in total. The molecule has 0 bridgehead atoms. The first-order valence-electron chi connectivity index (χ1n) is 9.25. The third-order valence-corrected chi connectivity index (χ3v) is 5.06. The molecule has 0 spiro atoms. The van der Waals surface area contributed by atoms with Crippen molar-refractivity contribution in [2.45, 2.75) is 52.0 Å². The SMILES string of the molecule is CCc1nc(C)ccc1OCC(=O)N1CCCC(N2CCCC2=O)C1. The number of aromatic nitrogens is 1. The van der Waals surface area contributed by atoms with Crippen LogP contribution in [-0.4, -0.2) is 58.9 Å². The van der Waals surface area contributed by atoms with E-state index in [2.05, 4.69) is 4.98 Å². The summed E-state index contributed by atoms with van der Waals surface area (Å²) in [7, 11) is 0. The van der Waals surface area contributed by atoms with Crippen LogP contribution in [-0.2, 0) is 16.0 Å². The van der Waals surface area contributed by atoms with Gasteiger partial charge in [0.2, 0.25) is 5.91 Å². The van der Waals surface area contributed by atoms with Crippen LogP contribution in [0.25, 0.3) is 0 Å². The van der Waals surface area contributed by atoms with E-state index in [-0.39, 0.29) is 24.5 Å². The van der Waals surface area contributed by atoms with Gasteiger partial charge in [0.05, 0.1) is 5.69 Å². The Kier molecular flexibility index (Phi) is 5.56. The van der Waals surface area contributed by atoms with Crippen molar-refractivity contribution in [3.05, 3.63) is 23.5 Å². The van der Waals surface area contributed by atoms with Crippen molar-refractivity contribution in [2.24, 2.45) is 0 Å². The summed E-state index contributed by atoms with van der Waals surface area (Å²) in [5.74, 6) is 0.901. The van der Waals surface area contributed by atoms with Gasteiger partial charge in [-0.25, -0.2) is 0 Å². The molecule has 1 atom stereocenters. The fraction of sp³-hybridized carbons (Fsp3) is 0.632. The van der Waals surface area contributed by atoms with Gasteiger partial charge in [-0.1, -0.05) is 6.92 Å². The number of amides is 2. The van der Waals surface area contributed by atoms with Crippen LogP contribution in [0.3, 0.4) is 0 Å². The van der Waals surface area contributed by atoms with Crippen molar-refractivity contribution in [2.75, 3.05) is 26.2 Å². The van der Waals surface area contributed by atoms with E-state index in [0.717, 1.165) is 50.2 Å². The normalized spacial score (nSPS) is 20.9. The summed E-state index contributed by atoms with van der Waals surface area (Å²) in [6.07, 6.45) is 4.28. The molecule has 25 heavy (non-hydrogen) atoms. The van der Waals surface area contributed by atoms with Crippen LogP contribution in [0.2, 0.25) is 0 Å². The summed E-state index contributed by atoms with van der Waals surface area (Å²) >= 11 is 0. The zero-order chi connectivity index (χ0) is 17.8. The molecule has 6 heteroatoms. The van der Waals surface area contributed by atoms with Crippen molar-refractivity contribution >= 4 is 11.8 Å². The number of rotatable bonds is 5. The van der Waals surface area contributed by atoms with Gasteiger partial charge in [-0.15, -0.1) is 0 Å². The van der Waals surface area contributed by atoms with E-state index in [1.54, 1.807) is 0 Å². The van der Waals surface area contributed by atoms with Crippen molar-refractivity contribution in [3.8, 4) is 5.75 Å². The van der Waals surface area contributed by atoms with E-state index < -0.39 is 0 Å². The Morgan fingerprint density at radius 3 is 2.88 bits per heavy atom. The highest BCUT2D eigenvalue weighted by Gasteiger charge is 2.32. The first-order chi connectivity index (χ1) is 12.1. The number of likely N-dealkylation sites (tertiary alicyclic amines) is 2. The second-order valence-corrected chi connectivity index (χ2v) is 6.87. The Bertz CT molecular complexity index is 647. The topological polar surface area (TPSA) is 62.7 Å². The minimum Gasteiger partial charge on any atom is -0.482 e. The molecule has 1 aromatic heterocycles. The number of carbonyl (C=O) groups is 2. The molecule has 1 aromatic rings. The Hall–Kier alpha value is -2.11. The number of hydrogen-bond donors (Lipinski definition) is 0. The van der Waals surface area contributed by atoms with Crippen LogP contribution in [0.15, 0.2) is 12.1 Å². The maximum atomic E-state index is 12.6. The predicted molar refractivity (Wildman–Crippen MR) is 94.4 cm³/mol. The molecule has 3 rings (SSSR count). The van der Waals surface area contributed by atoms with Gasteiger partial charge in [0.1, 0.15) is 5.75 Å². The Balaban J connectivity index is 1.57. The smallest absolute Gasteiger partial charge is 0.260 e. The summed E-state index contributed by atoms with van der Waals surface area (Å²) in [6.45, 7) is 6.20. The lowest BCUT2D eigenvalue weighted by Crippen LogP contribution is -2.51. The minimum absolute atomic E-state index is 0.0148. The van der Waals surface area contributed by atoms with Gasteiger partial charge in [-0.3, -0.25) is 14.6 Å². The summed E-state index contributed by atoms with van der Waals surface area (Å²) in [6, 6.07) is 3.95. The van der Waals surface area contributed by atoms with E-state index in [1.807, 2.05) is 35.8 Å². The molecule has 0 aromatic carbocycles. The maximum Gasteiger partial charge on any atom is 0.260 e. The summed E-state index contributed by atoms with van der Waals surface area (Å²) in [5.41, 5.74) is 1.83. The molecule has 2 amide bonds. The lowest BCUT2D eigenvalue weighted by atomic mass is 10.0. The number of piperidine rings is 1. The van der Waals surface area contributed by atoms with Gasteiger partial charge in [0.15, 0.2) is 6.61 Å². The number of aryl methyl sites for hydroxylation is 2. The number of nitrogens with zero attached hydrogens (tertiary/aromatic N) is 3. The second-order valence-electron chi connectivity index (χ2n) is 6.87. The molecule has 0 saturated carbocycles. The average Bonchev–Trinajstić information content (AvgIpc) is 3.06. The predicted octanol–water partition coefficient (Wildman–Crippen LogP) is 1.94. The van der Waals surface area contributed by atoms with E-state index >= 15 is 0 Å². The number of ether oxygens (including phenoxy) is 1. The largest absolute Gasteiger partial charge is 0.482 e. The van der Waals surface area contributed by atoms with E-state index in [0.29, 0.717) is 18.7 Å². The molecule has 2 saturated heterocycles. The Morgan fingerprint density at radius 2 is 2.16 bits per heavy atom. The zero-order valence-electron chi connectivity index (χ0n) is 15.2. The molecule has 3 heterocycles. The Morgan fingerprint density at radius 1 is 1.32 bits per heavy atom. The van der Waals surface area contributed by atoms with Crippen LogP contribution in [0.4, 0.5) is 0 Å². The van der Waals surface area contributed by atoms with Crippen molar-refractivity contribution in [1.82, 2.24) is 14.8 Å². The van der Waals surface area contributed by atoms with Crippen LogP contribution in [0, 0.1) is 6.92 Å². The zero-order valence-corrected chi connectivity index (χ0v) is 15.2. The minimum atomic E-state index is -0.0148. The standard InChI is InChI=1S/C19H27N3O3/c1-3-16-17(9-8-14(2)20-16)25-13-19(24)21-10-4-6-15(12-21)22-11-5-7-18(22)23/h8-9,15H,3-7,10-13H2,1-2H3. The van der Waals surface area contributed by atoms with Crippen molar-refractivity contribution < 1.29 is 14.3 Å². The lowest BCUT2D eigenvalue weighted by molar-refractivity contribution is -0.138. The average molecular weight is 345 g/mol. The van der Waals surface area contributed by atoms with Gasteiger partial charge in [-0.2, -0.15) is 0 Å². The molecule has 136 valence electrons. The highest BCUT2D eigenvalue weighted by molar-refractivity contribution is 5.79. The molecule has 2 fully saturated rings. The van der Waals surface area contributed by atoms with Gasteiger partial charge in [-0.05, 0) is 44.7 Å². The fourth-order valence-corrected chi connectivity index (χ4v) is 3.70. The first-order valence-corrected chi connectivity index (χ1v) is 9.25. The fourth-order valence-electron chi connectivity index (χ4n) is 3.70. The van der Waals surface area contributed by atoms with Gasteiger partial charge in [0.25, 0.3) is 5.91 Å². The quantitative estimate of drug-likeness (QED) is 0.818. The monoisotopic (exact) mass is 345 g/mol. The number of pyridine rings is 1. The van der Waals surface area contributed by atoms with E-state index in [1.165, 1.54) is 0 Å². The summed E-state index contributed by atoms with van der Waals surface area (Å²) in [4.78, 5) is 32.8. The van der Waals surface area contributed by atoms with Crippen molar-refractivity contribution in [3.63, 3.8) is 0 Å². The van der Waals surface area contributed by atoms with Crippen LogP contribution in [0.1, 0.15) is 44.0 Å². The third kappa shape index (κ3) is 4.11. The Labute approximate surface area is 149 Å². The highest BCUT2D eigenvalue weighted by Crippen LogP contribution is 2.22. The lowest BCUT2D eigenvalue weighted by Gasteiger charge is -2.37. The summed E-state index contributed by atoms with van der Waals surface area (Å²) in [5, 5.41) is 0.